The third-order valence-corrected chi connectivity index (χ3v) is 1.40. The van der Waals surface area contributed by atoms with E-state index in [4.69, 9.17) is 11.6 Å². The van der Waals surface area contributed by atoms with E-state index in [1.807, 2.05) is 0 Å². The van der Waals surface area contributed by atoms with Gasteiger partial charge in [0.25, 0.3) is 0 Å². The minimum absolute atomic E-state index is 0. The van der Waals surface area contributed by atoms with Crippen LogP contribution in [0.2, 0.25) is 0 Å². The normalized spacial score (nSPS) is 11.4. The molecule has 0 rings (SSSR count). The van der Waals surface area contributed by atoms with Crippen LogP contribution in [0.15, 0.2) is 0 Å². The Labute approximate surface area is 68.1 Å². The minimum Gasteiger partial charge on any atom is -1.00 e. The molecule has 0 atom stereocenters. The van der Waals surface area contributed by atoms with Crippen molar-refractivity contribution in [3.8, 4) is 0 Å². The molecule has 0 aliphatic rings. The fourth-order valence-electron chi connectivity index (χ4n) is 0.547. The number of nitrogens with zero attached hydrogens (tertiary/aromatic N) is 1. The monoisotopic (exact) mass is 169 g/mol. The predicted octanol–water partition coefficient (Wildman–Crippen LogP) is -1.30. The summed E-state index contributed by atoms with van der Waals surface area (Å²) >= 11 is 5.46. The summed E-state index contributed by atoms with van der Waals surface area (Å²) in [6.07, 6.45) is 0. The molecular formula is C6H13Cl2N. The molecule has 0 aromatic carbocycles. The van der Waals surface area contributed by atoms with Crippen molar-refractivity contribution in [2.75, 3.05) is 6.54 Å². The average Bonchev–Trinajstić information content (AvgIpc) is 1.69. The van der Waals surface area contributed by atoms with Crippen LogP contribution in [0.1, 0.15) is 20.8 Å². The highest BCUT2D eigenvalue weighted by molar-refractivity contribution is 6.54. The Morgan fingerprint density at radius 3 is 2.00 bits per heavy atom. The molecule has 0 aromatic heterocycles. The maximum absolute atomic E-state index is 5.46. The van der Waals surface area contributed by atoms with Crippen molar-refractivity contribution in [2.24, 2.45) is 0 Å². The van der Waals surface area contributed by atoms with Gasteiger partial charge in [-0.3, -0.25) is 0 Å². The number of halogens is 2. The van der Waals surface area contributed by atoms with Crippen LogP contribution in [0.3, 0.4) is 0 Å². The lowest BCUT2D eigenvalue weighted by atomic mass is 10.4. The molecule has 0 aromatic rings. The molecule has 0 spiro atoms. The van der Waals surface area contributed by atoms with Gasteiger partial charge in [-0.2, -0.15) is 0 Å². The molecule has 0 saturated carbocycles. The van der Waals surface area contributed by atoms with E-state index < -0.39 is 0 Å². The first-order valence-corrected chi connectivity index (χ1v) is 3.35. The summed E-state index contributed by atoms with van der Waals surface area (Å²) in [4.78, 5) is 0. The first-order valence-electron chi connectivity index (χ1n) is 2.91. The molecule has 0 unspecified atom stereocenters. The largest absolute Gasteiger partial charge is 1.00 e. The highest BCUT2D eigenvalue weighted by Gasteiger charge is 2.02. The predicted molar refractivity (Wildman–Crippen MR) is 37.9 cm³/mol. The van der Waals surface area contributed by atoms with Crippen LogP contribution in [0, 0.1) is 0 Å². The van der Waals surface area contributed by atoms with Crippen LogP contribution in [-0.2, 0) is 0 Å². The highest BCUT2D eigenvalue weighted by atomic mass is 35.5. The lowest BCUT2D eigenvalue weighted by Crippen LogP contribution is -3.00. The Bertz CT molecular complexity index is 89.1. The summed E-state index contributed by atoms with van der Waals surface area (Å²) in [5, 5.41) is 0. The van der Waals surface area contributed by atoms with Gasteiger partial charge < -0.3 is 12.4 Å². The van der Waals surface area contributed by atoms with Gasteiger partial charge >= 0.3 is 0 Å². The highest BCUT2D eigenvalue weighted by Crippen LogP contribution is 1.86. The van der Waals surface area contributed by atoms with Crippen molar-refractivity contribution in [3.05, 3.63) is 0 Å². The number of hydrogen-bond acceptors (Lipinski definition) is 0. The lowest BCUT2D eigenvalue weighted by molar-refractivity contribution is -0.549. The molecule has 0 radical (unpaired) electrons. The summed E-state index contributed by atoms with van der Waals surface area (Å²) in [6.45, 7) is 7.30. The zero-order chi connectivity index (χ0) is 6.57. The van der Waals surface area contributed by atoms with E-state index in [-0.39, 0.29) is 12.4 Å². The van der Waals surface area contributed by atoms with Gasteiger partial charge in [-0.05, 0) is 32.4 Å². The summed E-state index contributed by atoms with van der Waals surface area (Å²) in [5.74, 6) is 0. The van der Waals surface area contributed by atoms with Gasteiger partial charge in [-0.15, -0.1) is 0 Å². The van der Waals surface area contributed by atoms with Gasteiger partial charge in [0.2, 0.25) is 5.67 Å². The van der Waals surface area contributed by atoms with Crippen molar-refractivity contribution in [3.63, 3.8) is 0 Å². The van der Waals surface area contributed by atoms with Gasteiger partial charge in [-0.25, -0.2) is 4.58 Å². The van der Waals surface area contributed by atoms with Crippen LogP contribution in [0.4, 0.5) is 0 Å². The second-order valence-electron chi connectivity index (χ2n) is 2.02. The van der Waals surface area contributed by atoms with Gasteiger partial charge in [0, 0.05) is 0 Å². The number of hydrogen-bond donors (Lipinski definition) is 0. The maximum atomic E-state index is 5.46. The number of rotatable bonds is 2. The van der Waals surface area contributed by atoms with E-state index in [0.29, 0.717) is 6.04 Å². The Hall–Kier alpha value is 0.250. The second-order valence-corrected chi connectivity index (χ2v) is 2.22. The van der Waals surface area contributed by atoms with Gasteiger partial charge in [0.1, 0.15) is 12.6 Å². The van der Waals surface area contributed by atoms with Crippen LogP contribution in [0.5, 0.6) is 0 Å². The zero-order valence-electron chi connectivity index (χ0n) is 6.06. The molecule has 0 amide bonds. The maximum Gasteiger partial charge on any atom is 0.232 e. The third-order valence-electron chi connectivity index (χ3n) is 1.15. The fourth-order valence-corrected chi connectivity index (χ4v) is 0.910. The molecule has 0 aliphatic carbocycles. The van der Waals surface area contributed by atoms with Gasteiger partial charge in [0.15, 0.2) is 0 Å². The quantitative estimate of drug-likeness (QED) is 0.358. The van der Waals surface area contributed by atoms with Gasteiger partial charge in [-0.1, -0.05) is 0 Å². The van der Waals surface area contributed by atoms with Gasteiger partial charge in [0.05, 0.1) is 0 Å². The van der Waals surface area contributed by atoms with Crippen molar-refractivity contribution in [1.29, 1.82) is 0 Å². The summed E-state index contributed by atoms with van der Waals surface area (Å²) in [6, 6.07) is 0.525. The third kappa shape index (κ3) is 4.73. The molecular weight excluding hydrogens is 157 g/mol. The van der Waals surface area contributed by atoms with Crippen LogP contribution < -0.4 is 12.4 Å². The molecule has 0 aliphatic heterocycles. The fraction of sp³-hybridized carbons (Fsp3) is 0.833. The molecule has 0 N–H and O–H groups in total. The Morgan fingerprint density at radius 2 is 2.00 bits per heavy atom. The molecule has 1 nitrogen and oxygen atoms in total. The summed E-state index contributed by atoms with van der Waals surface area (Å²) < 4.78 is 2.06. The van der Waals surface area contributed by atoms with Crippen molar-refractivity contribution in [2.45, 2.75) is 26.8 Å². The molecule has 0 saturated heterocycles. The van der Waals surface area contributed by atoms with E-state index in [2.05, 4.69) is 25.3 Å². The Balaban J connectivity index is 0. The minimum atomic E-state index is 0. The Morgan fingerprint density at radius 1 is 1.56 bits per heavy atom. The van der Waals surface area contributed by atoms with Crippen molar-refractivity contribution >= 4 is 17.3 Å². The molecule has 0 bridgehead atoms. The van der Waals surface area contributed by atoms with E-state index in [1.165, 1.54) is 0 Å². The first-order chi connectivity index (χ1) is 3.72. The molecule has 0 fully saturated rings. The lowest BCUT2D eigenvalue weighted by Gasteiger charge is -2.00. The summed E-state index contributed by atoms with van der Waals surface area (Å²) in [7, 11) is 0. The first kappa shape index (κ1) is 12.0. The smallest absolute Gasteiger partial charge is 0.232 e. The van der Waals surface area contributed by atoms with Crippen molar-refractivity contribution < 1.29 is 17.0 Å². The molecule has 0 heterocycles. The van der Waals surface area contributed by atoms with Crippen LogP contribution in [-0.4, -0.2) is 22.8 Å². The van der Waals surface area contributed by atoms with E-state index >= 15 is 0 Å². The molecule has 56 valence electrons. The molecule has 9 heavy (non-hydrogen) atoms. The molecule has 3 heteroatoms. The second kappa shape index (κ2) is 6.37. The standard InChI is InChI=1S/C6H13ClN.ClH/c1-4-8(5-7)6(2)3;/h5-6H,4H2,1-3H3;1H/q+1;/p-1. The topological polar surface area (TPSA) is 3.01 Å². The SMILES string of the molecule is CC[N+](=CCl)C(C)C.[Cl-]. The Kier molecular flexibility index (Phi) is 8.48. The van der Waals surface area contributed by atoms with Crippen LogP contribution in [0.25, 0.3) is 0 Å². The van der Waals surface area contributed by atoms with E-state index in [0.717, 1.165) is 6.54 Å². The zero-order valence-corrected chi connectivity index (χ0v) is 7.58. The van der Waals surface area contributed by atoms with E-state index in [9.17, 15) is 0 Å². The van der Waals surface area contributed by atoms with E-state index in [1.54, 1.807) is 5.67 Å². The van der Waals surface area contributed by atoms with Crippen LogP contribution >= 0.6 is 11.6 Å². The van der Waals surface area contributed by atoms with Crippen molar-refractivity contribution in [1.82, 2.24) is 0 Å². The summed E-state index contributed by atoms with van der Waals surface area (Å²) in [5.41, 5.74) is 1.60. The average molecular weight is 170 g/mol.